The molecule has 0 amide bonds. The summed E-state index contributed by atoms with van der Waals surface area (Å²) in [5.41, 5.74) is 2.78. The van der Waals surface area contributed by atoms with Gasteiger partial charge in [0.25, 0.3) is 0 Å². The van der Waals surface area contributed by atoms with Crippen molar-refractivity contribution in [2.45, 2.75) is 97.7 Å². The van der Waals surface area contributed by atoms with Crippen molar-refractivity contribution in [2.24, 2.45) is 11.8 Å². The molecule has 0 radical (unpaired) electrons. The zero-order chi connectivity index (χ0) is 30.1. The minimum absolute atomic E-state index is 0.444. The average Bonchev–Trinajstić information content (AvgIpc) is 2.94. The lowest BCUT2D eigenvalue weighted by molar-refractivity contribution is -0.00562. The summed E-state index contributed by atoms with van der Waals surface area (Å²) in [6.45, 7) is 10.5. The molecule has 0 spiro atoms. The van der Waals surface area contributed by atoms with E-state index in [1.54, 1.807) is 24.1 Å². The number of aryl methyl sites for hydroxylation is 2. The first-order valence-electron chi connectivity index (χ1n) is 15.9. The van der Waals surface area contributed by atoms with E-state index in [9.17, 15) is 0 Å². The van der Waals surface area contributed by atoms with Gasteiger partial charge in [-0.2, -0.15) is 0 Å². The molecule has 0 saturated carbocycles. The van der Waals surface area contributed by atoms with Crippen LogP contribution in [0, 0.1) is 11.8 Å². The number of benzene rings is 1. The molecule has 2 aliphatic rings. The van der Waals surface area contributed by atoms with Crippen LogP contribution in [0.3, 0.4) is 0 Å². The van der Waals surface area contributed by atoms with Gasteiger partial charge in [0.1, 0.15) is 0 Å². The van der Waals surface area contributed by atoms with E-state index in [1.165, 1.54) is 67.6 Å². The van der Waals surface area contributed by atoms with Crippen molar-refractivity contribution < 1.29 is 16.7 Å². The number of rotatable bonds is 16. The average molecular weight is 651 g/mol. The maximum Gasteiger partial charge on any atom is 0.0547 e. The normalized spacial score (nSPS) is 24.4. The summed E-state index contributed by atoms with van der Waals surface area (Å²) in [6.07, 6.45) is 20.9. The minimum Gasteiger partial charge on any atom is -0.378 e. The molecule has 1 aromatic rings. The molecule has 2 heterocycles. The van der Waals surface area contributed by atoms with Crippen molar-refractivity contribution in [2.75, 3.05) is 61.2 Å². The van der Waals surface area contributed by atoms with Gasteiger partial charge >= 0.3 is 0 Å². The first kappa shape index (κ1) is 37.6. The van der Waals surface area contributed by atoms with Gasteiger partial charge < -0.3 is 9.47 Å². The molecule has 242 valence electrons. The van der Waals surface area contributed by atoms with Crippen LogP contribution in [0.25, 0.3) is 0 Å². The molecule has 2 saturated heterocycles. The lowest BCUT2D eigenvalue weighted by Crippen LogP contribution is -2.24. The van der Waals surface area contributed by atoms with Gasteiger partial charge in [0.15, 0.2) is 0 Å². The van der Waals surface area contributed by atoms with Crippen LogP contribution in [0.15, 0.2) is 24.3 Å². The van der Waals surface area contributed by atoms with Gasteiger partial charge in [0.05, 0.1) is 12.2 Å². The van der Waals surface area contributed by atoms with E-state index in [2.05, 4.69) is 77.0 Å². The highest BCUT2D eigenvalue weighted by Gasteiger charge is 2.23. The van der Waals surface area contributed by atoms with Crippen molar-refractivity contribution >= 4 is 44.7 Å². The van der Waals surface area contributed by atoms with Gasteiger partial charge in [0.2, 0.25) is 0 Å². The summed E-state index contributed by atoms with van der Waals surface area (Å²) in [4.78, 5) is 0. The Morgan fingerprint density at radius 3 is 1.37 bits per heavy atom. The molecule has 4 nitrogen and oxygen atoms in total. The Bertz CT molecular complexity index is 724. The van der Waals surface area contributed by atoms with Crippen molar-refractivity contribution in [1.82, 2.24) is 0 Å². The second kappa shape index (κ2) is 20.5. The molecule has 0 aromatic heterocycles. The molecule has 4 unspecified atom stereocenters. The molecule has 2 aliphatic heterocycles. The van der Waals surface area contributed by atoms with Crippen LogP contribution in [0.2, 0.25) is 0 Å². The van der Waals surface area contributed by atoms with Crippen molar-refractivity contribution in [3.63, 3.8) is 0 Å². The fourth-order valence-electron chi connectivity index (χ4n) is 4.82. The second-order valence-corrected chi connectivity index (χ2v) is 21.8. The molecule has 2 fully saturated rings. The third-order valence-corrected chi connectivity index (χ3v) is 14.6. The van der Waals surface area contributed by atoms with E-state index in [4.69, 9.17) is 16.7 Å². The van der Waals surface area contributed by atoms with Crippen LogP contribution in [-0.2, 0) is 29.6 Å². The molecule has 8 heteroatoms. The molecule has 3 rings (SSSR count). The topological polar surface area (TPSA) is 36.9 Å². The standard InChI is InChI=1S/C30H54O4S4.C3H8/c1-25-7-9-29(23-31-25)17-21-37(3,4)33-35-19-15-27-11-13-28(14-12-27)16-20-36-34-38(5,6)22-18-30-10-8-26(2)32-24-30;1-3-2/h11-14,25-26,29-30H,7-10,15-24H2,1-6H3;3H2,1-2H3. The quantitative estimate of drug-likeness (QED) is 0.131. The fraction of sp³-hybridized carbons (Fsp3) is 0.818. The molecule has 0 N–H and O–H groups in total. The summed E-state index contributed by atoms with van der Waals surface area (Å²) < 4.78 is 24.2. The van der Waals surface area contributed by atoms with Crippen LogP contribution >= 0.6 is 44.7 Å². The van der Waals surface area contributed by atoms with E-state index in [-0.39, 0.29) is 0 Å². The Kier molecular flexibility index (Phi) is 18.8. The Balaban J connectivity index is 0.00000187. The first-order valence-corrected chi connectivity index (χ1v) is 22.8. The number of ether oxygens (including phenoxy) is 2. The molecule has 41 heavy (non-hydrogen) atoms. The first-order chi connectivity index (χ1) is 19.5. The summed E-state index contributed by atoms with van der Waals surface area (Å²) in [5, 5.41) is 0. The second-order valence-electron chi connectivity index (χ2n) is 12.8. The summed E-state index contributed by atoms with van der Waals surface area (Å²) in [5.74, 6) is 5.79. The SMILES string of the molecule is CC1CCC(CCS(C)(C)OSCCc2ccc(CCSOS(C)(C)CCC3CCC(C)OC3)cc2)CO1.CCC. The van der Waals surface area contributed by atoms with Crippen LogP contribution in [0.5, 0.6) is 0 Å². The largest absolute Gasteiger partial charge is 0.378 e. The highest BCUT2D eigenvalue weighted by Crippen LogP contribution is 2.47. The maximum atomic E-state index is 6.27. The zero-order valence-electron chi connectivity index (χ0n) is 27.5. The predicted molar refractivity (Wildman–Crippen MR) is 191 cm³/mol. The highest BCUT2D eigenvalue weighted by molar-refractivity contribution is 8.33. The van der Waals surface area contributed by atoms with Gasteiger partial charge in [0, 0.05) is 48.8 Å². The molecule has 4 atom stereocenters. The van der Waals surface area contributed by atoms with Gasteiger partial charge in [-0.15, -0.1) is 20.6 Å². The third kappa shape index (κ3) is 17.5. The van der Waals surface area contributed by atoms with Gasteiger partial charge in [-0.05, 0) is 125 Å². The Labute approximate surface area is 266 Å². The van der Waals surface area contributed by atoms with Gasteiger partial charge in [-0.25, -0.2) is 0 Å². The highest BCUT2D eigenvalue weighted by atomic mass is 32.3. The van der Waals surface area contributed by atoms with Crippen LogP contribution in [-0.4, -0.2) is 73.5 Å². The Morgan fingerprint density at radius 2 is 1.05 bits per heavy atom. The third-order valence-electron chi connectivity index (χ3n) is 7.67. The zero-order valence-corrected chi connectivity index (χ0v) is 30.8. The fourth-order valence-corrected chi connectivity index (χ4v) is 10.4. The Hall–Kier alpha value is 0.460. The van der Waals surface area contributed by atoms with Crippen LogP contribution < -0.4 is 0 Å². The monoisotopic (exact) mass is 650 g/mol. The molecular formula is C33H62O4S4. The van der Waals surface area contributed by atoms with E-state index < -0.39 is 20.6 Å². The van der Waals surface area contributed by atoms with Crippen LogP contribution in [0.4, 0.5) is 0 Å². The number of hydrogen-bond donors (Lipinski definition) is 0. The summed E-state index contributed by atoms with van der Waals surface area (Å²) in [6, 6.07) is 9.13. The van der Waals surface area contributed by atoms with Crippen molar-refractivity contribution in [3.8, 4) is 0 Å². The molecule has 1 aromatic carbocycles. The van der Waals surface area contributed by atoms with Crippen molar-refractivity contribution in [1.29, 1.82) is 0 Å². The van der Waals surface area contributed by atoms with Gasteiger partial charge in [-0.3, -0.25) is 7.26 Å². The molecular weight excluding hydrogens is 589 g/mol. The van der Waals surface area contributed by atoms with Crippen molar-refractivity contribution in [3.05, 3.63) is 35.4 Å². The maximum absolute atomic E-state index is 6.27. The smallest absolute Gasteiger partial charge is 0.0547 e. The van der Waals surface area contributed by atoms with E-state index in [1.807, 2.05) is 0 Å². The van der Waals surface area contributed by atoms with Gasteiger partial charge in [-0.1, -0.05) is 44.5 Å². The lowest BCUT2D eigenvalue weighted by atomic mass is 9.97. The Morgan fingerprint density at radius 1 is 0.683 bits per heavy atom. The minimum atomic E-state index is -1.00. The van der Waals surface area contributed by atoms with E-state index >= 15 is 0 Å². The number of hydrogen-bond acceptors (Lipinski definition) is 6. The molecule has 0 bridgehead atoms. The lowest BCUT2D eigenvalue weighted by Gasteiger charge is -2.33. The van der Waals surface area contributed by atoms with Crippen LogP contribution in [0.1, 0.15) is 83.8 Å². The summed E-state index contributed by atoms with van der Waals surface area (Å²) >= 11 is 3.32. The van der Waals surface area contributed by atoms with E-state index in [0.717, 1.165) is 37.6 Å². The van der Waals surface area contributed by atoms with E-state index in [0.29, 0.717) is 24.0 Å². The predicted octanol–water partition coefficient (Wildman–Crippen LogP) is 9.89. The summed E-state index contributed by atoms with van der Waals surface area (Å²) in [7, 11) is -2.00. The molecule has 0 aliphatic carbocycles.